The summed E-state index contributed by atoms with van der Waals surface area (Å²) < 4.78 is 45.4. The summed E-state index contributed by atoms with van der Waals surface area (Å²) in [6.07, 6.45) is -3.98. The van der Waals surface area contributed by atoms with Gasteiger partial charge in [-0.2, -0.15) is 13.2 Å². The number of aliphatic hydroxyl groups is 1. The Labute approximate surface area is 116 Å². The average Bonchev–Trinajstić information content (AvgIpc) is 2.41. The van der Waals surface area contributed by atoms with Crippen LogP contribution in [0.4, 0.5) is 13.2 Å². The second kappa shape index (κ2) is 8.11. The molecule has 20 heavy (non-hydrogen) atoms. The lowest BCUT2D eigenvalue weighted by molar-refractivity contribution is -0.174. The first-order valence-electron chi connectivity index (χ1n) is 6.48. The molecular weight excluding hydrogens is 273 g/mol. The molecule has 0 aromatic heterocycles. The van der Waals surface area contributed by atoms with Gasteiger partial charge >= 0.3 is 6.18 Å². The Hall–Kier alpha value is -1.27. The van der Waals surface area contributed by atoms with Gasteiger partial charge in [0, 0.05) is 12.0 Å². The molecule has 0 saturated heterocycles. The zero-order valence-electron chi connectivity index (χ0n) is 11.3. The molecular formula is C14H19F3O3. The van der Waals surface area contributed by atoms with Crippen molar-refractivity contribution < 1.29 is 27.8 Å². The summed E-state index contributed by atoms with van der Waals surface area (Å²) in [6, 6.07) is 7.07. The van der Waals surface area contributed by atoms with Gasteiger partial charge in [-0.05, 0) is 12.5 Å². The summed E-state index contributed by atoms with van der Waals surface area (Å²) in [6.45, 7) is 0.841. The summed E-state index contributed by atoms with van der Waals surface area (Å²) in [5.41, 5.74) is 0.686. The van der Waals surface area contributed by atoms with E-state index in [-0.39, 0.29) is 13.2 Å². The number of rotatable bonds is 8. The van der Waals surface area contributed by atoms with Crippen LogP contribution in [0.25, 0.3) is 0 Å². The van der Waals surface area contributed by atoms with Gasteiger partial charge in [0.2, 0.25) is 0 Å². The summed E-state index contributed by atoms with van der Waals surface area (Å²) in [4.78, 5) is 0. The molecule has 0 radical (unpaired) electrons. The van der Waals surface area contributed by atoms with Crippen molar-refractivity contribution in [2.24, 2.45) is 0 Å². The molecule has 0 bridgehead atoms. The summed E-state index contributed by atoms with van der Waals surface area (Å²) in [5.74, 6) is 0.553. The predicted octanol–water partition coefficient (Wildman–Crippen LogP) is 3.48. The summed E-state index contributed by atoms with van der Waals surface area (Å²) in [7, 11) is 0. The molecule has 1 aromatic rings. The number of hydrogen-bond acceptors (Lipinski definition) is 3. The third-order valence-electron chi connectivity index (χ3n) is 2.62. The monoisotopic (exact) mass is 292 g/mol. The smallest absolute Gasteiger partial charge is 0.411 e. The largest absolute Gasteiger partial charge is 0.493 e. The first kappa shape index (κ1) is 16.8. The summed E-state index contributed by atoms with van der Waals surface area (Å²) >= 11 is 0. The van der Waals surface area contributed by atoms with E-state index >= 15 is 0 Å². The number of halogens is 3. The zero-order chi connectivity index (χ0) is 15.0. The Bertz CT molecular complexity index is 393. The van der Waals surface area contributed by atoms with Crippen LogP contribution in [0.5, 0.6) is 5.75 Å². The van der Waals surface area contributed by atoms with Crippen molar-refractivity contribution in [2.75, 3.05) is 19.8 Å². The lowest BCUT2D eigenvalue weighted by atomic mass is 10.1. The van der Waals surface area contributed by atoms with E-state index in [1.165, 1.54) is 0 Å². The van der Waals surface area contributed by atoms with Crippen LogP contribution in [0.15, 0.2) is 24.3 Å². The van der Waals surface area contributed by atoms with E-state index in [9.17, 15) is 18.3 Å². The summed E-state index contributed by atoms with van der Waals surface area (Å²) in [5, 5.41) is 9.81. The molecule has 1 aromatic carbocycles. The lowest BCUT2D eigenvalue weighted by Gasteiger charge is -2.15. The quantitative estimate of drug-likeness (QED) is 0.746. The zero-order valence-corrected chi connectivity index (χ0v) is 11.3. The molecule has 114 valence electrons. The van der Waals surface area contributed by atoms with E-state index < -0.39 is 18.9 Å². The maximum Gasteiger partial charge on any atom is 0.411 e. The number of hydrogen-bond donors (Lipinski definition) is 1. The minimum absolute atomic E-state index is 0.0159. The van der Waals surface area contributed by atoms with Gasteiger partial charge in [0.1, 0.15) is 12.4 Å². The molecule has 0 aliphatic rings. The highest BCUT2D eigenvalue weighted by Gasteiger charge is 2.27. The van der Waals surface area contributed by atoms with Crippen molar-refractivity contribution in [1.82, 2.24) is 0 Å². The van der Waals surface area contributed by atoms with Crippen molar-refractivity contribution in [2.45, 2.75) is 32.0 Å². The van der Waals surface area contributed by atoms with Crippen LogP contribution in [-0.2, 0) is 4.74 Å². The Morgan fingerprint density at radius 3 is 2.55 bits per heavy atom. The normalized spacial score (nSPS) is 13.2. The van der Waals surface area contributed by atoms with E-state index in [2.05, 4.69) is 4.74 Å². The topological polar surface area (TPSA) is 38.7 Å². The molecule has 3 nitrogen and oxygen atoms in total. The van der Waals surface area contributed by atoms with Crippen molar-refractivity contribution >= 4 is 0 Å². The Kier molecular flexibility index (Phi) is 6.81. The fourth-order valence-corrected chi connectivity index (χ4v) is 1.64. The van der Waals surface area contributed by atoms with Crippen molar-refractivity contribution in [3.05, 3.63) is 29.8 Å². The number of para-hydroxylation sites is 1. The van der Waals surface area contributed by atoms with Gasteiger partial charge in [0.25, 0.3) is 0 Å². The van der Waals surface area contributed by atoms with E-state index in [0.29, 0.717) is 24.2 Å². The van der Waals surface area contributed by atoms with Crippen molar-refractivity contribution in [1.29, 1.82) is 0 Å². The molecule has 1 atom stereocenters. The van der Waals surface area contributed by atoms with E-state index in [1.807, 2.05) is 6.92 Å². The highest BCUT2D eigenvalue weighted by molar-refractivity contribution is 5.34. The number of aliphatic hydroxyl groups excluding tert-OH is 1. The fraction of sp³-hybridized carbons (Fsp3) is 0.571. The highest BCUT2D eigenvalue weighted by atomic mass is 19.4. The first-order chi connectivity index (χ1) is 9.44. The molecule has 0 amide bonds. The molecule has 0 aliphatic carbocycles. The van der Waals surface area contributed by atoms with Crippen LogP contribution < -0.4 is 4.74 Å². The van der Waals surface area contributed by atoms with Crippen LogP contribution in [0, 0.1) is 0 Å². The van der Waals surface area contributed by atoms with E-state index in [0.717, 1.165) is 0 Å². The molecule has 0 unspecified atom stereocenters. The van der Waals surface area contributed by atoms with Gasteiger partial charge < -0.3 is 14.6 Å². The van der Waals surface area contributed by atoms with Crippen LogP contribution in [0.2, 0.25) is 0 Å². The molecule has 0 fully saturated rings. The van der Waals surface area contributed by atoms with Crippen LogP contribution in [-0.4, -0.2) is 31.1 Å². The molecule has 0 aliphatic heterocycles. The van der Waals surface area contributed by atoms with Crippen LogP contribution in [0.3, 0.4) is 0 Å². The maximum absolute atomic E-state index is 11.8. The third kappa shape index (κ3) is 6.25. The molecule has 1 N–H and O–H groups in total. The fourth-order valence-electron chi connectivity index (χ4n) is 1.64. The molecule has 6 heteroatoms. The molecule has 0 saturated carbocycles. The Balaban J connectivity index is 2.32. The van der Waals surface area contributed by atoms with E-state index in [1.54, 1.807) is 24.3 Å². The van der Waals surface area contributed by atoms with Gasteiger partial charge in [0.15, 0.2) is 0 Å². The number of alkyl halides is 3. The second-order valence-electron chi connectivity index (χ2n) is 4.33. The maximum atomic E-state index is 11.8. The Morgan fingerprint density at radius 2 is 1.90 bits per heavy atom. The van der Waals surface area contributed by atoms with Gasteiger partial charge in [0.05, 0.1) is 19.3 Å². The van der Waals surface area contributed by atoms with Gasteiger partial charge in [-0.25, -0.2) is 0 Å². The minimum atomic E-state index is -4.29. The number of benzene rings is 1. The third-order valence-corrected chi connectivity index (χ3v) is 2.62. The van der Waals surface area contributed by atoms with Gasteiger partial charge in [-0.1, -0.05) is 25.1 Å². The van der Waals surface area contributed by atoms with Crippen molar-refractivity contribution in [3.63, 3.8) is 0 Å². The highest BCUT2D eigenvalue weighted by Crippen LogP contribution is 2.26. The predicted molar refractivity (Wildman–Crippen MR) is 68.7 cm³/mol. The van der Waals surface area contributed by atoms with Crippen molar-refractivity contribution in [3.8, 4) is 5.75 Å². The molecule has 0 spiro atoms. The van der Waals surface area contributed by atoms with Gasteiger partial charge in [-0.3, -0.25) is 0 Å². The second-order valence-corrected chi connectivity index (χ2v) is 4.33. The molecule has 1 rings (SSSR count). The minimum Gasteiger partial charge on any atom is -0.493 e. The first-order valence-corrected chi connectivity index (χ1v) is 6.48. The number of ether oxygens (including phenoxy) is 2. The van der Waals surface area contributed by atoms with E-state index in [4.69, 9.17) is 4.74 Å². The molecule has 0 heterocycles. The SMILES string of the molecule is CC[C@@H](O)c1ccccc1OCCCOCC(F)(F)F. The average molecular weight is 292 g/mol. The van der Waals surface area contributed by atoms with Crippen LogP contribution in [0.1, 0.15) is 31.4 Å². The lowest BCUT2D eigenvalue weighted by Crippen LogP contribution is -2.18. The standard InChI is InChI=1S/C14H19F3O3/c1-2-12(18)11-6-3-4-7-13(11)20-9-5-8-19-10-14(15,16)17/h3-4,6-7,12,18H,2,5,8-10H2,1H3/t12-/m1/s1. The Morgan fingerprint density at radius 1 is 1.20 bits per heavy atom. The van der Waals surface area contributed by atoms with Crippen LogP contribution >= 0.6 is 0 Å². The van der Waals surface area contributed by atoms with Gasteiger partial charge in [-0.15, -0.1) is 0 Å².